The first-order valence-electron chi connectivity index (χ1n) is 8.88. The molecule has 0 aliphatic carbocycles. The largest absolute Gasteiger partial charge is 0.355 e. The quantitative estimate of drug-likeness (QED) is 0.375. The maximum absolute atomic E-state index is 11.9. The summed E-state index contributed by atoms with van der Waals surface area (Å²) in [6.07, 6.45) is 7.15. The van der Waals surface area contributed by atoms with Gasteiger partial charge in [0.05, 0.1) is 6.20 Å². The minimum absolute atomic E-state index is 0.0210. The second kappa shape index (κ2) is 8.11. The summed E-state index contributed by atoms with van der Waals surface area (Å²) < 4.78 is 0. The van der Waals surface area contributed by atoms with Gasteiger partial charge in [-0.25, -0.2) is 4.98 Å². The molecule has 0 radical (unpaired) electrons. The van der Waals surface area contributed by atoms with Crippen LogP contribution in [0.2, 0.25) is 0 Å². The van der Waals surface area contributed by atoms with Gasteiger partial charge in [0, 0.05) is 64.0 Å². The highest BCUT2D eigenvalue weighted by molar-refractivity contribution is 5.91. The molecule has 1 aromatic rings. The molecule has 0 bridgehead atoms. The molecule has 3 N–H and O–H groups in total. The fourth-order valence-electron chi connectivity index (χ4n) is 3.62. The van der Waals surface area contributed by atoms with Crippen LogP contribution in [-0.2, 0) is 4.79 Å². The summed E-state index contributed by atoms with van der Waals surface area (Å²) in [5.74, 6) is 0.695. The lowest BCUT2D eigenvalue weighted by Crippen LogP contribution is -2.52. The first-order valence-corrected chi connectivity index (χ1v) is 8.88. The second-order valence-corrected chi connectivity index (χ2v) is 6.80. The Hall–Kier alpha value is -2.71. The highest BCUT2D eigenvalue weighted by Gasteiger charge is 2.42. The Balaban J connectivity index is 1.46. The molecule has 1 spiro atoms. The van der Waals surface area contributed by atoms with E-state index in [1.807, 2.05) is 0 Å². The first kappa shape index (κ1) is 18.1. The van der Waals surface area contributed by atoms with E-state index in [0.29, 0.717) is 25.2 Å². The second-order valence-electron chi connectivity index (χ2n) is 6.80. The number of nitrogens with one attached hydrogen (secondary N) is 3. The molecule has 9 heteroatoms. The average Bonchev–Trinajstić information content (AvgIpc) is 3.02. The number of amides is 2. The summed E-state index contributed by atoms with van der Waals surface area (Å²) in [4.78, 5) is 38.0. The van der Waals surface area contributed by atoms with Gasteiger partial charge in [-0.15, -0.1) is 0 Å². The molecule has 2 aliphatic rings. The topological polar surface area (TPSA) is 112 Å². The molecule has 1 aromatic heterocycles. The van der Waals surface area contributed by atoms with E-state index < -0.39 is 0 Å². The number of aliphatic imine (C=N–C) groups is 1. The number of carbonyl (C=O) groups excluding carboxylic acids is 2. The van der Waals surface area contributed by atoms with Crippen molar-refractivity contribution in [3.8, 4) is 0 Å². The maximum Gasteiger partial charge on any atom is 0.271 e. The van der Waals surface area contributed by atoms with E-state index in [-0.39, 0.29) is 17.2 Å². The zero-order valence-electron chi connectivity index (χ0n) is 15.0. The van der Waals surface area contributed by atoms with Crippen LogP contribution in [0.4, 0.5) is 0 Å². The third-order valence-corrected chi connectivity index (χ3v) is 4.86. The van der Waals surface area contributed by atoms with Crippen LogP contribution in [0, 0.1) is 5.41 Å². The van der Waals surface area contributed by atoms with Gasteiger partial charge in [0.15, 0.2) is 5.96 Å². The normalized spacial score (nSPS) is 23.0. The fourth-order valence-corrected chi connectivity index (χ4v) is 3.62. The van der Waals surface area contributed by atoms with Gasteiger partial charge in [-0.3, -0.25) is 19.6 Å². The Morgan fingerprint density at radius 3 is 2.92 bits per heavy atom. The van der Waals surface area contributed by atoms with Crippen LogP contribution < -0.4 is 16.0 Å². The van der Waals surface area contributed by atoms with Crippen molar-refractivity contribution in [1.82, 2.24) is 30.8 Å². The molecule has 2 fully saturated rings. The van der Waals surface area contributed by atoms with E-state index in [1.54, 1.807) is 7.05 Å². The van der Waals surface area contributed by atoms with Crippen molar-refractivity contribution in [2.45, 2.75) is 19.3 Å². The molecule has 2 amide bonds. The number of rotatable bonds is 4. The highest BCUT2D eigenvalue weighted by Crippen LogP contribution is 2.35. The van der Waals surface area contributed by atoms with Gasteiger partial charge in [-0.05, 0) is 12.8 Å². The number of hydrogen-bond donors (Lipinski definition) is 3. The minimum atomic E-state index is -0.248. The van der Waals surface area contributed by atoms with Crippen LogP contribution in [0.5, 0.6) is 0 Å². The van der Waals surface area contributed by atoms with Crippen LogP contribution in [-0.4, -0.2) is 72.4 Å². The number of hydrogen-bond acceptors (Lipinski definition) is 5. The molecule has 26 heavy (non-hydrogen) atoms. The predicted octanol–water partition coefficient (Wildman–Crippen LogP) is -0.616. The first-order chi connectivity index (χ1) is 12.6. The molecule has 3 rings (SSSR count). The van der Waals surface area contributed by atoms with Crippen LogP contribution in [0.25, 0.3) is 0 Å². The standard InChI is InChI=1S/C17H25N7O2/c1-18-16(22-7-6-21-15(26)13-10-19-4-5-20-13)24-8-2-3-17(12-24)9-14(25)23-11-17/h4-5,10H,2-3,6-9,11-12H2,1H3,(H,18,22)(H,21,26)(H,23,25). The Labute approximate surface area is 152 Å². The van der Waals surface area contributed by atoms with Gasteiger partial charge in [0.2, 0.25) is 5.91 Å². The summed E-state index contributed by atoms with van der Waals surface area (Å²) in [7, 11) is 1.75. The van der Waals surface area contributed by atoms with Crippen molar-refractivity contribution in [3.05, 3.63) is 24.3 Å². The van der Waals surface area contributed by atoms with E-state index in [2.05, 4.69) is 35.8 Å². The molecule has 0 saturated carbocycles. The molecule has 2 saturated heterocycles. The molecule has 1 atom stereocenters. The lowest BCUT2D eigenvalue weighted by molar-refractivity contribution is -0.119. The average molecular weight is 359 g/mol. The number of carbonyl (C=O) groups is 2. The molecule has 0 aromatic carbocycles. The van der Waals surface area contributed by atoms with Crippen molar-refractivity contribution in [3.63, 3.8) is 0 Å². The SMILES string of the molecule is CN=C(NCCNC(=O)c1cnccn1)N1CCCC2(CNC(=O)C2)C1. The van der Waals surface area contributed by atoms with Gasteiger partial charge in [0.1, 0.15) is 5.69 Å². The van der Waals surface area contributed by atoms with E-state index >= 15 is 0 Å². The summed E-state index contributed by atoms with van der Waals surface area (Å²) in [5, 5.41) is 9.04. The van der Waals surface area contributed by atoms with Crippen molar-refractivity contribution in [1.29, 1.82) is 0 Å². The smallest absolute Gasteiger partial charge is 0.271 e. The third-order valence-electron chi connectivity index (χ3n) is 4.86. The Morgan fingerprint density at radius 1 is 1.38 bits per heavy atom. The Kier molecular flexibility index (Phi) is 5.65. The van der Waals surface area contributed by atoms with Gasteiger partial charge in [-0.1, -0.05) is 0 Å². The number of guanidine groups is 1. The van der Waals surface area contributed by atoms with E-state index in [1.165, 1.54) is 18.6 Å². The van der Waals surface area contributed by atoms with Crippen LogP contribution >= 0.6 is 0 Å². The summed E-state index contributed by atoms with van der Waals surface area (Å²) in [6.45, 7) is 3.49. The Morgan fingerprint density at radius 2 is 2.23 bits per heavy atom. The van der Waals surface area contributed by atoms with Crippen LogP contribution in [0.1, 0.15) is 29.8 Å². The monoisotopic (exact) mass is 359 g/mol. The molecule has 140 valence electrons. The zero-order chi connectivity index (χ0) is 18.4. The Bertz CT molecular complexity index is 679. The summed E-state index contributed by atoms with van der Waals surface area (Å²) >= 11 is 0. The van der Waals surface area contributed by atoms with Crippen molar-refractivity contribution >= 4 is 17.8 Å². The molecule has 2 aliphatic heterocycles. The van der Waals surface area contributed by atoms with Gasteiger partial charge in [-0.2, -0.15) is 0 Å². The summed E-state index contributed by atoms with van der Waals surface area (Å²) in [6, 6.07) is 0. The number of aromatic nitrogens is 2. The number of piperidine rings is 1. The third kappa shape index (κ3) is 4.27. The summed E-state index contributed by atoms with van der Waals surface area (Å²) in [5.41, 5.74) is 0.320. The van der Waals surface area contributed by atoms with E-state index in [4.69, 9.17) is 0 Å². The molecule has 9 nitrogen and oxygen atoms in total. The fraction of sp³-hybridized carbons (Fsp3) is 0.588. The van der Waals surface area contributed by atoms with Gasteiger partial charge >= 0.3 is 0 Å². The molecule has 3 heterocycles. The zero-order valence-corrected chi connectivity index (χ0v) is 15.0. The van der Waals surface area contributed by atoms with Crippen LogP contribution in [0.15, 0.2) is 23.6 Å². The van der Waals surface area contributed by atoms with Gasteiger partial charge < -0.3 is 20.9 Å². The minimum Gasteiger partial charge on any atom is -0.355 e. The molecular weight excluding hydrogens is 334 g/mol. The van der Waals surface area contributed by atoms with Crippen LogP contribution in [0.3, 0.4) is 0 Å². The maximum atomic E-state index is 11.9. The van der Waals surface area contributed by atoms with Crippen molar-refractivity contribution in [2.24, 2.45) is 10.4 Å². The lowest BCUT2D eigenvalue weighted by Gasteiger charge is -2.40. The lowest BCUT2D eigenvalue weighted by atomic mass is 9.79. The van der Waals surface area contributed by atoms with E-state index in [9.17, 15) is 9.59 Å². The van der Waals surface area contributed by atoms with Crippen molar-refractivity contribution in [2.75, 3.05) is 39.8 Å². The predicted molar refractivity (Wildman–Crippen MR) is 96.6 cm³/mol. The number of likely N-dealkylation sites (tertiary alicyclic amines) is 1. The van der Waals surface area contributed by atoms with Crippen molar-refractivity contribution < 1.29 is 9.59 Å². The molecular formula is C17H25N7O2. The highest BCUT2D eigenvalue weighted by atomic mass is 16.2. The number of nitrogens with zero attached hydrogens (tertiary/aromatic N) is 4. The van der Waals surface area contributed by atoms with Gasteiger partial charge in [0.25, 0.3) is 5.91 Å². The molecule has 1 unspecified atom stereocenters. The van der Waals surface area contributed by atoms with E-state index in [0.717, 1.165) is 38.4 Å².